The number of rotatable bonds is 2. The molecule has 170 valence electrons. The van der Waals surface area contributed by atoms with Crippen LogP contribution in [0.4, 0.5) is 5.69 Å². The Bertz CT molecular complexity index is 1040. The molecule has 6 nitrogen and oxygen atoms in total. The summed E-state index contributed by atoms with van der Waals surface area (Å²) in [6.45, 7) is 7.10. The molecular formula is C25H30ClN3O3. The van der Waals surface area contributed by atoms with Gasteiger partial charge in [-0.05, 0) is 47.6 Å². The number of carbonyl (C=O) groups excluding carboxylic acids is 3. The van der Waals surface area contributed by atoms with Gasteiger partial charge in [0.1, 0.15) is 6.04 Å². The van der Waals surface area contributed by atoms with Crippen LogP contribution >= 0.6 is 11.6 Å². The maximum absolute atomic E-state index is 13.5. The standard InChI is InChI=1S/C25H30ClN3O3/c1-25(2,3)14-22(30)28-11-12-29-21(15-28)24(32)27(4)20-10-7-17(13-19(20)23(29)31)16-5-8-18(26)9-6-16/h5,7-8,10,13,21H,6,9,11-12,14-15H2,1-4H3. The fraction of sp³-hybridized carbons (Fsp3) is 0.480. The third-order valence-corrected chi connectivity index (χ3v) is 6.66. The molecule has 2 aliphatic heterocycles. The molecule has 1 fully saturated rings. The highest BCUT2D eigenvalue weighted by atomic mass is 35.5. The molecule has 1 aliphatic carbocycles. The van der Waals surface area contributed by atoms with Gasteiger partial charge in [0.15, 0.2) is 0 Å². The van der Waals surface area contributed by atoms with Crippen molar-refractivity contribution in [2.24, 2.45) is 5.41 Å². The summed E-state index contributed by atoms with van der Waals surface area (Å²) in [5.41, 5.74) is 3.09. The van der Waals surface area contributed by atoms with E-state index in [-0.39, 0.29) is 29.7 Å². The molecule has 0 aromatic heterocycles. The molecule has 32 heavy (non-hydrogen) atoms. The summed E-state index contributed by atoms with van der Waals surface area (Å²) in [7, 11) is 1.70. The van der Waals surface area contributed by atoms with E-state index in [1.807, 2.05) is 51.1 Å². The van der Waals surface area contributed by atoms with Gasteiger partial charge in [0.2, 0.25) is 5.91 Å². The number of nitrogens with zero attached hydrogens (tertiary/aromatic N) is 3. The number of carbonyl (C=O) groups is 3. The number of anilines is 1. The van der Waals surface area contributed by atoms with E-state index < -0.39 is 6.04 Å². The molecule has 0 N–H and O–H groups in total. The van der Waals surface area contributed by atoms with Crippen molar-refractivity contribution >= 4 is 40.6 Å². The van der Waals surface area contributed by atoms with Gasteiger partial charge in [-0.15, -0.1) is 0 Å². The minimum Gasteiger partial charge on any atom is -0.338 e. The second kappa shape index (κ2) is 8.39. The first kappa shape index (κ1) is 22.6. The van der Waals surface area contributed by atoms with E-state index in [0.29, 0.717) is 30.8 Å². The minimum absolute atomic E-state index is 0.0278. The Morgan fingerprint density at radius 2 is 1.88 bits per heavy atom. The summed E-state index contributed by atoms with van der Waals surface area (Å²) >= 11 is 6.09. The fourth-order valence-electron chi connectivity index (χ4n) is 4.58. The van der Waals surface area contributed by atoms with Gasteiger partial charge in [0.05, 0.1) is 17.8 Å². The Labute approximate surface area is 194 Å². The van der Waals surface area contributed by atoms with Gasteiger partial charge in [-0.1, -0.05) is 44.5 Å². The molecule has 3 aliphatic rings. The highest BCUT2D eigenvalue weighted by Crippen LogP contribution is 2.34. The molecule has 1 saturated heterocycles. The molecule has 3 amide bonds. The van der Waals surface area contributed by atoms with Crippen LogP contribution in [0.2, 0.25) is 0 Å². The Morgan fingerprint density at radius 3 is 2.53 bits per heavy atom. The molecule has 0 radical (unpaired) electrons. The number of allylic oxidation sites excluding steroid dienone is 4. The number of hydrogen-bond acceptors (Lipinski definition) is 3. The van der Waals surface area contributed by atoms with E-state index >= 15 is 0 Å². The van der Waals surface area contributed by atoms with Crippen molar-refractivity contribution in [3.05, 3.63) is 46.5 Å². The third-order valence-electron chi connectivity index (χ3n) is 6.35. The fourth-order valence-corrected chi connectivity index (χ4v) is 4.74. The third kappa shape index (κ3) is 4.33. The van der Waals surface area contributed by atoms with Crippen molar-refractivity contribution in [3.63, 3.8) is 0 Å². The van der Waals surface area contributed by atoms with Crippen molar-refractivity contribution < 1.29 is 14.4 Å². The molecule has 0 bridgehead atoms. The zero-order valence-corrected chi connectivity index (χ0v) is 19.9. The number of likely N-dealkylation sites (N-methyl/N-ethyl adjacent to an activating group) is 1. The average Bonchev–Trinajstić information content (AvgIpc) is 2.82. The molecule has 4 rings (SSSR count). The summed E-state index contributed by atoms with van der Waals surface area (Å²) in [5.74, 6) is -0.290. The van der Waals surface area contributed by atoms with E-state index in [9.17, 15) is 14.4 Å². The second-order valence-corrected chi connectivity index (χ2v) is 10.5. The summed E-state index contributed by atoms with van der Waals surface area (Å²) in [5, 5.41) is 0.826. The van der Waals surface area contributed by atoms with E-state index in [0.717, 1.165) is 29.0 Å². The maximum atomic E-state index is 13.5. The van der Waals surface area contributed by atoms with Gasteiger partial charge >= 0.3 is 0 Å². The number of hydrogen-bond donors (Lipinski definition) is 0. The predicted octanol–water partition coefficient (Wildman–Crippen LogP) is 4.05. The minimum atomic E-state index is -0.670. The largest absolute Gasteiger partial charge is 0.338 e. The molecule has 1 aromatic rings. The van der Waals surface area contributed by atoms with Crippen LogP contribution in [-0.2, 0) is 9.59 Å². The lowest BCUT2D eigenvalue weighted by molar-refractivity contribution is -0.137. The average molecular weight is 456 g/mol. The Kier molecular flexibility index (Phi) is 5.93. The summed E-state index contributed by atoms with van der Waals surface area (Å²) < 4.78 is 0. The molecule has 1 aromatic carbocycles. The van der Waals surface area contributed by atoms with E-state index in [2.05, 4.69) is 0 Å². The Balaban J connectivity index is 1.63. The zero-order chi connectivity index (χ0) is 23.2. The monoisotopic (exact) mass is 455 g/mol. The smallest absolute Gasteiger partial charge is 0.256 e. The predicted molar refractivity (Wildman–Crippen MR) is 126 cm³/mol. The number of halogens is 1. The van der Waals surface area contributed by atoms with Crippen molar-refractivity contribution in [2.45, 2.75) is 46.1 Å². The van der Waals surface area contributed by atoms with Crippen molar-refractivity contribution in [2.75, 3.05) is 31.6 Å². The number of piperazine rings is 1. The molecule has 0 saturated carbocycles. The lowest BCUT2D eigenvalue weighted by atomic mass is 9.91. The van der Waals surface area contributed by atoms with Crippen LogP contribution in [0, 0.1) is 5.41 Å². The zero-order valence-electron chi connectivity index (χ0n) is 19.2. The molecule has 7 heteroatoms. The van der Waals surface area contributed by atoms with Gasteiger partial charge in [-0.2, -0.15) is 0 Å². The molecular weight excluding hydrogens is 426 g/mol. The molecule has 1 atom stereocenters. The first-order chi connectivity index (χ1) is 15.0. The van der Waals surface area contributed by atoms with Crippen LogP contribution in [0.3, 0.4) is 0 Å². The summed E-state index contributed by atoms with van der Waals surface area (Å²) in [6, 6.07) is 5.03. The van der Waals surface area contributed by atoms with Gasteiger partial charge in [-0.3, -0.25) is 14.4 Å². The van der Waals surface area contributed by atoms with Crippen LogP contribution in [0.1, 0.15) is 56.0 Å². The normalized spacial score (nSPS) is 21.5. The summed E-state index contributed by atoms with van der Waals surface area (Å²) in [6.07, 6.45) is 5.89. The van der Waals surface area contributed by atoms with Gasteiger partial charge < -0.3 is 14.7 Å². The van der Waals surface area contributed by atoms with E-state index in [4.69, 9.17) is 11.6 Å². The first-order valence-electron chi connectivity index (χ1n) is 11.1. The van der Waals surface area contributed by atoms with Gasteiger partial charge in [-0.25, -0.2) is 0 Å². The highest BCUT2D eigenvalue weighted by molar-refractivity contribution is 6.30. The summed E-state index contributed by atoms with van der Waals surface area (Å²) in [4.78, 5) is 44.6. The molecule has 2 heterocycles. The van der Waals surface area contributed by atoms with Gasteiger partial charge in [0, 0.05) is 31.6 Å². The van der Waals surface area contributed by atoms with Crippen LogP contribution < -0.4 is 4.90 Å². The van der Waals surface area contributed by atoms with Crippen LogP contribution in [0.25, 0.3) is 5.57 Å². The van der Waals surface area contributed by atoms with Crippen LogP contribution in [0.15, 0.2) is 35.4 Å². The number of benzene rings is 1. The number of amides is 3. The van der Waals surface area contributed by atoms with Crippen molar-refractivity contribution in [1.29, 1.82) is 0 Å². The second-order valence-electron chi connectivity index (χ2n) is 10.0. The van der Waals surface area contributed by atoms with E-state index in [1.54, 1.807) is 21.7 Å². The lowest BCUT2D eigenvalue weighted by Gasteiger charge is -2.40. The van der Waals surface area contributed by atoms with Crippen molar-refractivity contribution in [3.8, 4) is 0 Å². The number of fused-ring (bicyclic) bond motifs is 2. The van der Waals surface area contributed by atoms with Crippen molar-refractivity contribution in [1.82, 2.24) is 9.80 Å². The first-order valence-corrected chi connectivity index (χ1v) is 11.5. The molecule has 0 spiro atoms. The highest BCUT2D eigenvalue weighted by Gasteiger charge is 2.42. The quantitative estimate of drug-likeness (QED) is 0.675. The van der Waals surface area contributed by atoms with E-state index in [1.165, 1.54) is 0 Å². The van der Waals surface area contributed by atoms with Crippen LogP contribution in [-0.4, -0.2) is 60.2 Å². The topological polar surface area (TPSA) is 60.9 Å². The maximum Gasteiger partial charge on any atom is 0.256 e. The van der Waals surface area contributed by atoms with Crippen LogP contribution in [0.5, 0.6) is 0 Å². The lowest BCUT2D eigenvalue weighted by Crippen LogP contribution is -2.60. The molecule has 1 unspecified atom stereocenters. The Morgan fingerprint density at radius 1 is 1.12 bits per heavy atom. The Hall–Kier alpha value is -2.60. The SMILES string of the molecule is CN1C(=O)C2CN(C(=O)CC(C)(C)C)CCN2C(=O)c2cc(C3=CC=C(Cl)CC3)ccc21. The van der Waals surface area contributed by atoms with Gasteiger partial charge in [0.25, 0.3) is 11.8 Å².